The molecule has 2 atom stereocenters. The standard InChI is InChI=1S/C9H11Br2NO2/c10-6-3-7(14-9(6)11)8-5(4-12)1-2-13-8/h3,5,8H,1-2,4,12H2. The van der Waals surface area contributed by atoms with Crippen molar-refractivity contribution in [1.82, 2.24) is 0 Å². The maximum absolute atomic E-state index is 5.66. The lowest BCUT2D eigenvalue weighted by molar-refractivity contribution is 0.0732. The number of hydrogen-bond acceptors (Lipinski definition) is 3. The molecule has 14 heavy (non-hydrogen) atoms. The molecule has 0 aromatic carbocycles. The molecule has 2 rings (SSSR count). The molecule has 1 aromatic heterocycles. The van der Waals surface area contributed by atoms with E-state index < -0.39 is 0 Å². The summed E-state index contributed by atoms with van der Waals surface area (Å²) in [6, 6.07) is 1.93. The zero-order valence-corrected chi connectivity index (χ0v) is 10.7. The summed E-state index contributed by atoms with van der Waals surface area (Å²) >= 11 is 6.68. The fourth-order valence-corrected chi connectivity index (χ4v) is 2.30. The normalized spacial score (nSPS) is 27.1. The van der Waals surface area contributed by atoms with Crippen LogP contribution < -0.4 is 5.73 Å². The Morgan fingerprint density at radius 1 is 1.50 bits per heavy atom. The lowest BCUT2D eigenvalue weighted by Crippen LogP contribution is -2.17. The Morgan fingerprint density at radius 2 is 2.29 bits per heavy atom. The SMILES string of the molecule is NCC1CCOC1c1cc(Br)c(Br)o1. The second kappa shape index (κ2) is 4.35. The number of rotatable bonds is 2. The first kappa shape index (κ1) is 10.7. The molecule has 0 saturated carbocycles. The summed E-state index contributed by atoms with van der Waals surface area (Å²) in [5.41, 5.74) is 5.66. The average molecular weight is 325 g/mol. The second-order valence-electron chi connectivity index (χ2n) is 3.35. The van der Waals surface area contributed by atoms with Gasteiger partial charge in [0.25, 0.3) is 0 Å². The molecule has 0 spiro atoms. The van der Waals surface area contributed by atoms with Crippen LogP contribution in [0.25, 0.3) is 0 Å². The van der Waals surface area contributed by atoms with Gasteiger partial charge in [0.2, 0.25) is 0 Å². The minimum absolute atomic E-state index is 0.0163. The van der Waals surface area contributed by atoms with Gasteiger partial charge >= 0.3 is 0 Å². The Hall–Kier alpha value is 0.160. The van der Waals surface area contributed by atoms with Gasteiger partial charge in [0, 0.05) is 12.5 Å². The van der Waals surface area contributed by atoms with Crippen LogP contribution in [0.4, 0.5) is 0 Å². The highest BCUT2D eigenvalue weighted by molar-refractivity contribution is 9.13. The van der Waals surface area contributed by atoms with Crippen LogP contribution >= 0.6 is 31.9 Å². The van der Waals surface area contributed by atoms with Crippen LogP contribution in [-0.2, 0) is 4.74 Å². The van der Waals surface area contributed by atoms with Crippen molar-refractivity contribution in [3.63, 3.8) is 0 Å². The molecule has 1 fully saturated rings. The molecule has 1 aliphatic rings. The molecule has 0 amide bonds. The number of halogens is 2. The van der Waals surface area contributed by atoms with E-state index in [1.54, 1.807) is 0 Å². The van der Waals surface area contributed by atoms with E-state index in [1.807, 2.05) is 6.07 Å². The van der Waals surface area contributed by atoms with E-state index in [4.69, 9.17) is 14.9 Å². The highest BCUT2D eigenvalue weighted by Crippen LogP contribution is 2.38. The number of hydrogen-bond donors (Lipinski definition) is 1. The molecule has 5 heteroatoms. The van der Waals surface area contributed by atoms with Crippen molar-refractivity contribution in [2.75, 3.05) is 13.2 Å². The van der Waals surface area contributed by atoms with Gasteiger partial charge in [0.15, 0.2) is 4.67 Å². The lowest BCUT2D eigenvalue weighted by atomic mass is 10.0. The average Bonchev–Trinajstić information content (AvgIpc) is 2.73. The Labute approximate surface area is 99.2 Å². The fraction of sp³-hybridized carbons (Fsp3) is 0.556. The second-order valence-corrected chi connectivity index (χ2v) is 4.92. The van der Waals surface area contributed by atoms with Gasteiger partial charge in [0.1, 0.15) is 11.9 Å². The Bertz CT molecular complexity index is 307. The summed E-state index contributed by atoms with van der Waals surface area (Å²) in [5.74, 6) is 1.22. The van der Waals surface area contributed by atoms with E-state index in [-0.39, 0.29) is 6.10 Å². The van der Waals surface area contributed by atoms with Crippen LogP contribution in [0.3, 0.4) is 0 Å². The molecule has 2 heterocycles. The topological polar surface area (TPSA) is 48.4 Å². The zero-order chi connectivity index (χ0) is 10.1. The van der Waals surface area contributed by atoms with Crippen LogP contribution in [0.15, 0.2) is 19.6 Å². The Morgan fingerprint density at radius 3 is 2.86 bits per heavy atom. The monoisotopic (exact) mass is 323 g/mol. The van der Waals surface area contributed by atoms with Crippen LogP contribution in [-0.4, -0.2) is 13.2 Å². The Kier molecular flexibility index (Phi) is 3.31. The first-order valence-electron chi connectivity index (χ1n) is 4.48. The molecular formula is C9H11Br2NO2. The molecule has 0 radical (unpaired) electrons. The van der Waals surface area contributed by atoms with Gasteiger partial charge in [-0.25, -0.2) is 0 Å². The molecule has 3 nitrogen and oxygen atoms in total. The van der Waals surface area contributed by atoms with Crippen molar-refractivity contribution in [1.29, 1.82) is 0 Å². The number of furan rings is 1. The van der Waals surface area contributed by atoms with Gasteiger partial charge in [0.05, 0.1) is 4.47 Å². The highest BCUT2D eigenvalue weighted by atomic mass is 79.9. The summed E-state index contributed by atoms with van der Waals surface area (Å²) in [5, 5.41) is 0. The molecule has 1 saturated heterocycles. The van der Waals surface area contributed by atoms with E-state index >= 15 is 0 Å². The van der Waals surface area contributed by atoms with E-state index in [0.717, 1.165) is 23.3 Å². The predicted molar refractivity (Wildman–Crippen MR) is 60.0 cm³/mol. The Balaban J connectivity index is 2.21. The summed E-state index contributed by atoms with van der Waals surface area (Å²) in [6.07, 6.45) is 1.03. The number of ether oxygens (including phenoxy) is 1. The van der Waals surface area contributed by atoms with Crippen molar-refractivity contribution in [3.05, 3.63) is 21.0 Å². The summed E-state index contributed by atoms with van der Waals surface area (Å²) in [4.78, 5) is 0. The quantitative estimate of drug-likeness (QED) is 0.910. The van der Waals surface area contributed by atoms with E-state index in [9.17, 15) is 0 Å². The third kappa shape index (κ3) is 1.91. The molecule has 0 bridgehead atoms. The van der Waals surface area contributed by atoms with E-state index in [2.05, 4.69) is 31.9 Å². The van der Waals surface area contributed by atoms with Gasteiger partial charge in [-0.05, 0) is 50.9 Å². The minimum atomic E-state index is 0.0163. The van der Waals surface area contributed by atoms with Gasteiger partial charge in [-0.1, -0.05) is 0 Å². The minimum Gasteiger partial charge on any atom is -0.450 e. The smallest absolute Gasteiger partial charge is 0.183 e. The van der Waals surface area contributed by atoms with Crippen molar-refractivity contribution in [3.8, 4) is 0 Å². The van der Waals surface area contributed by atoms with Crippen molar-refractivity contribution < 1.29 is 9.15 Å². The first-order chi connectivity index (χ1) is 6.72. The van der Waals surface area contributed by atoms with Crippen LogP contribution in [0.1, 0.15) is 18.3 Å². The van der Waals surface area contributed by atoms with Crippen molar-refractivity contribution in [2.45, 2.75) is 12.5 Å². The molecule has 2 N–H and O–H groups in total. The van der Waals surface area contributed by atoms with Crippen molar-refractivity contribution in [2.24, 2.45) is 11.7 Å². The first-order valence-corrected chi connectivity index (χ1v) is 6.07. The van der Waals surface area contributed by atoms with E-state index in [1.165, 1.54) is 0 Å². The summed E-state index contributed by atoms with van der Waals surface area (Å²) in [6.45, 7) is 1.41. The summed E-state index contributed by atoms with van der Waals surface area (Å²) in [7, 11) is 0. The predicted octanol–water partition coefficient (Wildman–Crippen LogP) is 2.84. The molecule has 0 aliphatic carbocycles. The fourth-order valence-electron chi connectivity index (χ4n) is 1.69. The third-order valence-corrected chi connectivity index (χ3v) is 4.17. The molecule has 2 unspecified atom stereocenters. The summed E-state index contributed by atoms with van der Waals surface area (Å²) < 4.78 is 12.7. The zero-order valence-electron chi connectivity index (χ0n) is 7.50. The van der Waals surface area contributed by atoms with Gasteiger partial charge in [-0.3, -0.25) is 0 Å². The maximum Gasteiger partial charge on any atom is 0.183 e. The van der Waals surface area contributed by atoms with Gasteiger partial charge < -0.3 is 14.9 Å². The van der Waals surface area contributed by atoms with Crippen LogP contribution in [0, 0.1) is 5.92 Å². The largest absolute Gasteiger partial charge is 0.450 e. The van der Waals surface area contributed by atoms with Gasteiger partial charge in [-0.2, -0.15) is 0 Å². The van der Waals surface area contributed by atoms with Crippen molar-refractivity contribution >= 4 is 31.9 Å². The van der Waals surface area contributed by atoms with Gasteiger partial charge in [-0.15, -0.1) is 0 Å². The molecule has 1 aromatic rings. The molecule has 1 aliphatic heterocycles. The van der Waals surface area contributed by atoms with Crippen LogP contribution in [0.2, 0.25) is 0 Å². The van der Waals surface area contributed by atoms with E-state index in [0.29, 0.717) is 17.1 Å². The molecular weight excluding hydrogens is 314 g/mol. The highest BCUT2D eigenvalue weighted by Gasteiger charge is 2.31. The number of nitrogens with two attached hydrogens (primary N) is 1. The van der Waals surface area contributed by atoms with Crippen LogP contribution in [0.5, 0.6) is 0 Å². The molecule has 78 valence electrons. The maximum atomic E-state index is 5.66. The lowest BCUT2D eigenvalue weighted by Gasteiger charge is -2.13. The third-order valence-electron chi connectivity index (χ3n) is 2.46.